The Balaban J connectivity index is 2.70. The monoisotopic (exact) mass is 311 g/mol. The SMILES string of the molecule is COC(=O)c1cc(Cl)c2nnc(C(F)(F)C(F)F)n2c1. The van der Waals surface area contributed by atoms with Crippen LogP contribution >= 0.6 is 11.6 Å². The lowest BCUT2D eigenvalue weighted by atomic mass is 10.2. The molecule has 0 amide bonds. The molecule has 0 fully saturated rings. The molecular formula is C10H6ClF4N3O2. The van der Waals surface area contributed by atoms with Gasteiger partial charge in [-0.05, 0) is 6.07 Å². The lowest BCUT2D eigenvalue weighted by Gasteiger charge is -2.13. The Hall–Kier alpha value is -1.90. The number of hydrogen-bond donors (Lipinski definition) is 0. The number of fused-ring (bicyclic) bond motifs is 1. The molecule has 5 nitrogen and oxygen atoms in total. The second-order valence-electron chi connectivity index (χ2n) is 3.71. The van der Waals surface area contributed by atoms with Crippen molar-refractivity contribution in [1.82, 2.24) is 14.6 Å². The maximum Gasteiger partial charge on any atom is 0.366 e. The maximum absolute atomic E-state index is 13.4. The smallest absolute Gasteiger partial charge is 0.366 e. The average Bonchev–Trinajstić information content (AvgIpc) is 2.82. The molecule has 0 aliphatic heterocycles. The van der Waals surface area contributed by atoms with Crippen molar-refractivity contribution in [2.75, 3.05) is 7.11 Å². The summed E-state index contributed by atoms with van der Waals surface area (Å²) in [5.74, 6) is -6.71. The third-order valence-corrected chi connectivity index (χ3v) is 2.73. The predicted molar refractivity (Wildman–Crippen MR) is 59.2 cm³/mol. The van der Waals surface area contributed by atoms with Crippen LogP contribution in [0.1, 0.15) is 16.2 Å². The highest BCUT2D eigenvalue weighted by atomic mass is 35.5. The summed E-state index contributed by atoms with van der Waals surface area (Å²) in [7, 11) is 1.07. The van der Waals surface area contributed by atoms with Crippen LogP contribution in [0.15, 0.2) is 12.3 Å². The van der Waals surface area contributed by atoms with E-state index in [1.807, 2.05) is 0 Å². The van der Waals surface area contributed by atoms with Crippen LogP contribution in [-0.2, 0) is 10.7 Å². The Bertz CT molecular complexity index is 674. The second-order valence-corrected chi connectivity index (χ2v) is 4.12. The fraction of sp³-hybridized carbons (Fsp3) is 0.300. The Morgan fingerprint density at radius 2 is 2.10 bits per heavy atom. The first kappa shape index (κ1) is 14.5. The molecule has 0 aromatic carbocycles. The Labute approximate surface area is 114 Å². The third kappa shape index (κ3) is 2.17. The highest BCUT2D eigenvalue weighted by Gasteiger charge is 2.47. The zero-order chi connectivity index (χ0) is 15.1. The number of carbonyl (C=O) groups is 1. The quantitative estimate of drug-likeness (QED) is 0.645. The molecule has 2 rings (SSSR count). The zero-order valence-corrected chi connectivity index (χ0v) is 10.5. The molecule has 0 aliphatic carbocycles. The molecule has 20 heavy (non-hydrogen) atoms. The highest BCUT2D eigenvalue weighted by Crippen LogP contribution is 2.34. The fourth-order valence-electron chi connectivity index (χ4n) is 1.51. The first-order valence-electron chi connectivity index (χ1n) is 5.08. The molecule has 0 bridgehead atoms. The van der Waals surface area contributed by atoms with E-state index in [0.29, 0.717) is 4.40 Å². The topological polar surface area (TPSA) is 56.5 Å². The molecule has 0 unspecified atom stereocenters. The molecular weight excluding hydrogens is 306 g/mol. The van der Waals surface area contributed by atoms with E-state index in [1.165, 1.54) is 0 Å². The molecule has 0 N–H and O–H groups in total. The molecule has 10 heteroatoms. The number of ether oxygens (including phenoxy) is 1. The van der Waals surface area contributed by atoms with Crippen molar-refractivity contribution < 1.29 is 27.1 Å². The fourth-order valence-corrected chi connectivity index (χ4v) is 1.75. The molecule has 2 aromatic rings. The number of methoxy groups -OCH3 is 1. The van der Waals surface area contributed by atoms with E-state index in [1.54, 1.807) is 0 Å². The highest BCUT2D eigenvalue weighted by molar-refractivity contribution is 6.33. The standard InChI is InChI=1S/C10H6ClF4N3O2/c1-20-7(19)4-2-5(11)6-16-17-9(18(6)3-4)10(14,15)8(12)13/h2-3,8H,1H3. The van der Waals surface area contributed by atoms with Crippen molar-refractivity contribution in [1.29, 1.82) is 0 Å². The average molecular weight is 312 g/mol. The summed E-state index contributed by atoms with van der Waals surface area (Å²) >= 11 is 5.74. The van der Waals surface area contributed by atoms with Gasteiger partial charge in [0.1, 0.15) is 0 Å². The Morgan fingerprint density at radius 1 is 1.45 bits per heavy atom. The van der Waals surface area contributed by atoms with Gasteiger partial charge in [-0.1, -0.05) is 11.6 Å². The van der Waals surface area contributed by atoms with Gasteiger partial charge in [0.05, 0.1) is 17.7 Å². The van der Waals surface area contributed by atoms with E-state index in [4.69, 9.17) is 11.6 Å². The number of alkyl halides is 4. The lowest BCUT2D eigenvalue weighted by Crippen LogP contribution is -2.26. The van der Waals surface area contributed by atoms with E-state index in [0.717, 1.165) is 19.4 Å². The van der Waals surface area contributed by atoms with Crippen LogP contribution in [-0.4, -0.2) is 34.1 Å². The minimum Gasteiger partial charge on any atom is -0.465 e. The number of rotatable bonds is 3. The third-order valence-electron chi connectivity index (χ3n) is 2.45. The van der Waals surface area contributed by atoms with E-state index in [-0.39, 0.29) is 16.2 Å². The maximum atomic E-state index is 13.4. The molecule has 0 spiro atoms. The molecule has 0 saturated heterocycles. The molecule has 0 saturated carbocycles. The van der Waals surface area contributed by atoms with Gasteiger partial charge in [-0.3, -0.25) is 4.40 Å². The molecule has 0 atom stereocenters. The van der Waals surface area contributed by atoms with Crippen molar-refractivity contribution in [2.24, 2.45) is 0 Å². The Kier molecular flexibility index (Phi) is 3.55. The number of hydrogen-bond acceptors (Lipinski definition) is 4. The van der Waals surface area contributed by atoms with Crippen LogP contribution in [0.3, 0.4) is 0 Å². The van der Waals surface area contributed by atoms with Crippen molar-refractivity contribution in [3.63, 3.8) is 0 Å². The Morgan fingerprint density at radius 3 is 2.65 bits per heavy atom. The van der Waals surface area contributed by atoms with Crippen molar-refractivity contribution >= 4 is 23.2 Å². The van der Waals surface area contributed by atoms with Crippen molar-refractivity contribution in [3.8, 4) is 0 Å². The van der Waals surface area contributed by atoms with Crippen LogP contribution in [0, 0.1) is 0 Å². The van der Waals surface area contributed by atoms with Gasteiger partial charge in [-0.2, -0.15) is 8.78 Å². The van der Waals surface area contributed by atoms with Gasteiger partial charge in [0.2, 0.25) is 5.82 Å². The number of halogens is 5. The summed E-state index contributed by atoms with van der Waals surface area (Å²) in [5.41, 5.74) is -0.467. The summed E-state index contributed by atoms with van der Waals surface area (Å²) in [6, 6.07) is 1.11. The van der Waals surface area contributed by atoms with Crippen LogP contribution in [0.4, 0.5) is 17.6 Å². The molecule has 0 radical (unpaired) electrons. The number of nitrogens with zero attached hydrogens (tertiary/aromatic N) is 3. The van der Waals surface area contributed by atoms with Crippen LogP contribution in [0.25, 0.3) is 5.65 Å². The van der Waals surface area contributed by atoms with Gasteiger partial charge in [0.15, 0.2) is 5.65 Å². The lowest BCUT2D eigenvalue weighted by molar-refractivity contribution is -0.141. The van der Waals surface area contributed by atoms with Gasteiger partial charge in [-0.25, -0.2) is 13.6 Å². The largest absolute Gasteiger partial charge is 0.465 e. The van der Waals surface area contributed by atoms with Crippen molar-refractivity contribution in [3.05, 3.63) is 28.7 Å². The van der Waals surface area contributed by atoms with Crippen LogP contribution in [0.5, 0.6) is 0 Å². The van der Waals surface area contributed by atoms with E-state index < -0.39 is 24.1 Å². The van der Waals surface area contributed by atoms with E-state index in [2.05, 4.69) is 14.9 Å². The van der Waals surface area contributed by atoms with E-state index >= 15 is 0 Å². The van der Waals surface area contributed by atoms with Gasteiger partial charge >= 0.3 is 18.3 Å². The van der Waals surface area contributed by atoms with E-state index in [9.17, 15) is 22.4 Å². The minimum atomic E-state index is -4.53. The summed E-state index contributed by atoms with van der Waals surface area (Å²) in [5, 5.41) is 6.13. The first-order valence-corrected chi connectivity index (χ1v) is 5.46. The van der Waals surface area contributed by atoms with Crippen molar-refractivity contribution in [2.45, 2.75) is 12.3 Å². The number of carbonyl (C=O) groups excluding carboxylic acids is 1. The van der Waals surface area contributed by atoms with Crippen LogP contribution in [0.2, 0.25) is 5.02 Å². The van der Waals surface area contributed by atoms with Gasteiger partial charge in [0, 0.05) is 6.20 Å². The number of aromatic nitrogens is 3. The van der Waals surface area contributed by atoms with Gasteiger partial charge in [0.25, 0.3) is 0 Å². The number of esters is 1. The normalized spacial score (nSPS) is 12.2. The molecule has 2 aromatic heterocycles. The molecule has 108 valence electrons. The summed E-state index contributed by atoms with van der Waals surface area (Å²) in [4.78, 5) is 11.4. The number of pyridine rings is 1. The summed E-state index contributed by atoms with van der Waals surface area (Å²) < 4.78 is 56.4. The predicted octanol–water partition coefficient (Wildman–Crippen LogP) is 2.53. The van der Waals surface area contributed by atoms with Gasteiger partial charge in [-0.15, -0.1) is 10.2 Å². The van der Waals surface area contributed by atoms with Gasteiger partial charge < -0.3 is 4.74 Å². The van der Waals surface area contributed by atoms with Crippen LogP contribution < -0.4 is 0 Å². The summed E-state index contributed by atoms with van der Waals surface area (Å²) in [6.07, 6.45) is -3.12. The minimum absolute atomic E-state index is 0.197. The molecule has 0 aliphatic rings. The first-order chi connectivity index (χ1) is 9.28. The summed E-state index contributed by atoms with van der Waals surface area (Å²) in [6.45, 7) is 0. The second kappa shape index (κ2) is 4.89. The molecule has 2 heterocycles. The zero-order valence-electron chi connectivity index (χ0n) is 9.78.